The highest BCUT2D eigenvalue weighted by Crippen LogP contribution is 2.03. The Morgan fingerprint density at radius 2 is 2.00 bits per heavy atom. The molecule has 0 saturated carbocycles. The number of hydrogen-bond acceptors (Lipinski definition) is 4. The second-order valence-corrected chi connectivity index (χ2v) is 4.01. The Balaban J connectivity index is 3.21. The van der Waals surface area contributed by atoms with Crippen molar-refractivity contribution in [1.29, 1.82) is 0 Å². The van der Waals surface area contributed by atoms with Crippen molar-refractivity contribution in [3.8, 4) is 0 Å². The van der Waals surface area contributed by atoms with Crippen molar-refractivity contribution >= 4 is 5.97 Å². The molecule has 0 radical (unpaired) electrons. The van der Waals surface area contributed by atoms with Crippen LogP contribution in [0.4, 0.5) is 0 Å². The van der Waals surface area contributed by atoms with Crippen LogP contribution in [0.15, 0.2) is 0 Å². The molecule has 4 heteroatoms. The van der Waals surface area contributed by atoms with Crippen LogP contribution in [0, 0.1) is 0 Å². The zero-order valence-corrected chi connectivity index (χ0v) is 10.2. The summed E-state index contributed by atoms with van der Waals surface area (Å²) in [5.41, 5.74) is 0. The van der Waals surface area contributed by atoms with Gasteiger partial charge in [0.05, 0.1) is 19.3 Å². The minimum absolute atomic E-state index is 0.129. The second-order valence-electron chi connectivity index (χ2n) is 4.01. The molecule has 0 aliphatic heterocycles. The van der Waals surface area contributed by atoms with E-state index in [0.29, 0.717) is 19.4 Å². The highest BCUT2D eigenvalue weighted by molar-refractivity contribution is 5.69. The third-order valence-corrected chi connectivity index (χ3v) is 2.39. The van der Waals surface area contributed by atoms with Crippen LogP contribution in [-0.4, -0.2) is 35.5 Å². The largest absolute Gasteiger partial charge is 0.466 e. The Labute approximate surface area is 97.6 Å². The van der Waals surface area contributed by atoms with Crippen LogP contribution in [-0.2, 0) is 9.53 Å². The first-order chi connectivity index (χ1) is 7.70. The van der Waals surface area contributed by atoms with Gasteiger partial charge in [-0.25, -0.2) is 0 Å². The van der Waals surface area contributed by atoms with E-state index in [1.54, 1.807) is 0 Å². The van der Waals surface area contributed by atoms with Crippen molar-refractivity contribution in [1.82, 2.24) is 0 Å². The highest BCUT2D eigenvalue weighted by atomic mass is 16.5. The maximum absolute atomic E-state index is 11.2. The smallest absolute Gasteiger partial charge is 0.305 e. The fourth-order valence-electron chi connectivity index (χ4n) is 1.35. The predicted molar refractivity (Wildman–Crippen MR) is 62.0 cm³/mol. The molecular weight excluding hydrogens is 208 g/mol. The number of esters is 1. The molecule has 0 aromatic carbocycles. The molecule has 1 unspecified atom stereocenters. The number of ether oxygens (including phenoxy) is 1. The first-order valence-electron chi connectivity index (χ1n) is 6.15. The van der Waals surface area contributed by atoms with Crippen LogP contribution < -0.4 is 0 Å². The minimum Gasteiger partial charge on any atom is -0.466 e. The average molecular weight is 232 g/mol. The van der Waals surface area contributed by atoms with Gasteiger partial charge < -0.3 is 14.9 Å². The molecule has 16 heavy (non-hydrogen) atoms. The Morgan fingerprint density at radius 1 is 1.25 bits per heavy atom. The van der Waals surface area contributed by atoms with Crippen LogP contribution in [0.25, 0.3) is 0 Å². The first kappa shape index (κ1) is 15.4. The lowest BCUT2D eigenvalue weighted by Crippen LogP contribution is -2.12. The SMILES string of the molecule is CCCCCC(=O)OCCCCC(O)CO. The van der Waals surface area contributed by atoms with Crippen molar-refractivity contribution in [2.45, 2.75) is 58.0 Å². The fraction of sp³-hybridized carbons (Fsp3) is 0.917. The molecule has 0 fully saturated rings. The van der Waals surface area contributed by atoms with Crippen molar-refractivity contribution in [3.05, 3.63) is 0 Å². The predicted octanol–water partition coefficient (Wildman–Crippen LogP) is 1.63. The van der Waals surface area contributed by atoms with E-state index in [2.05, 4.69) is 6.92 Å². The fourth-order valence-corrected chi connectivity index (χ4v) is 1.35. The van der Waals surface area contributed by atoms with E-state index in [1.807, 2.05) is 0 Å². The van der Waals surface area contributed by atoms with Crippen molar-refractivity contribution < 1.29 is 19.7 Å². The van der Waals surface area contributed by atoms with E-state index in [4.69, 9.17) is 14.9 Å². The summed E-state index contributed by atoms with van der Waals surface area (Å²) in [6.07, 6.45) is 5.01. The van der Waals surface area contributed by atoms with Crippen molar-refractivity contribution in [3.63, 3.8) is 0 Å². The van der Waals surface area contributed by atoms with Gasteiger partial charge in [-0.1, -0.05) is 19.8 Å². The van der Waals surface area contributed by atoms with E-state index in [9.17, 15) is 4.79 Å². The normalized spacial score (nSPS) is 12.4. The van der Waals surface area contributed by atoms with Crippen LogP contribution in [0.2, 0.25) is 0 Å². The molecule has 0 aromatic heterocycles. The molecule has 0 bridgehead atoms. The van der Waals surface area contributed by atoms with Gasteiger partial charge >= 0.3 is 5.97 Å². The molecule has 1 atom stereocenters. The summed E-state index contributed by atoms with van der Waals surface area (Å²) in [5, 5.41) is 17.6. The topological polar surface area (TPSA) is 66.8 Å². The lowest BCUT2D eigenvalue weighted by atomic mass is 10.2. The zero-order valence-electron chi connectivity index (χ0n) is 10.2. The standard InChI is InChI=1S/C12H24O4/c1-2-3-4-8-12(15)16-9-6-5-7-11(14)10-13/h11,13-14H,2-10H2,1H3. The summed E-state index contributed by atoms with van der Waals surface area (Å²) in [6, 6.07) is 0. The van der Waals surface area contributed by atoms with Crippen molar-refractivity contribution in [2.24, 2.45) is 0 Å². The quantitative estimate of drug-likeness (QED) is 0.444. The molecule has 0 aromatic rings. The summed E-state index contributed by atoms with van der Waals surface area (Å²) in [6.45, 7) is 2.32. The number of aliphatic hydroxyl groups excluding tert-OH is 2. The molecule has 0 aliphatic rings. The Kier molecular flexibility index (Phi) is 10.5. The number of carbonyl (C=O) groups is 1. The van der Waals surface area contributed by atoms with E-state index in [-0.39, 0.29) is 12.6 Å². The first-order valence-corrected chi connectivity index (χ1v) is 6.15. The Hall–Kier alpha value is -0.610. The van der Waals surface area contributed by atoms with E-state index < -0.39 is 6.10 Å². The summed E-state index contributed by atoms with van der Waals surface area (Å²) < 4.78 is 5.02. The third-order valence-electron chi connectivity index (χ3n) is 2.39. The Morgan fingerprint density at radius 3 is 2.62 bits per heavy atom. The maximum atomic E-state index is 11.2. The number of hydrogen-bond donors (Lipinski definition) is 2. The Bertz CT molecular complexity index is 170. The summed E-state index contributed by atoms with van der Waals surface area (Å²) in [5.74, 6) is -0.129. The van der Waals surface area contributed by atoms with Gasteiger partial charge in [0.1, 0.15) is 0 Å². The van der Waals surface area contributed by atoms with Gasteiger partial charge in [0.15, 0.2) is 0 Å². The van der Waals surface area contributed by atoms with Crippen LogP contribution in [0.1, 0.15) is 51.9 Å². The molecule has 0 heterocycles. The van der Waals surface area contributed by atoms with E-state index in [1.165, 1.54) is 0 Å². The van der Waals surface area contributed by atoms with Gasteiger partial charge in [-0.05, 0) is 25.7 Å². The molecule has 4 nitrogen and oxygen atoms in total. The van der Waals surface area contributed by atoms with Gasteiger partial charge in [-0.3, -0.25) is 4.79 Å². The van der Waals surface area contributed by atoms with Gasteiger partial charge in [0.25, 0.3) is 0 Å². The summed E-state index contributed by atoms with van der Waals surface area (Å²) in [7, 11) is 0. The average Bonchev–Trinajstić information content (AvgIpc) is 2.28. The lowest BCUT2D eigenvalue weighted by Gasteiger charge is -2.07. The monoisotopic (exact) mass is 232 g/mol. The highest BCUT2D eigenvalue weighted by Gasteiger charge is 2.03. The molecular formula is C12H24O4. The van der Waals surface area contributed by atoms with Crippen LogP contribution >= 0.6 is 0 Å². The molecule has 0 rings (SSSR count). The zero-order chi connectivity index (χ0) is 12.2. The van der Waals surface area contributed by atoms with Gasteiger partial charge in [-0.15, -0.1) is 0 Å². The van der Waals surface area contributed by atoms with E-state index >= 15 is 0 Å². The van der Waals surface area contributed by atoms with Crippen LogP contribution in [0.3, 0.4) is 0 Å². The molecule has 2 N–H and O–H groups in total. The lowest BCUT2D eigenvalue weighted by molar-refractivity contribution is -0.143. The summed E-state index contributed by atoms with van der Waals surface area (Å²) in [4.78, 5) is 11.2. The minimum atomic E-state index is -0.639. The third kappa shape index (κ3) is 9.93. The second kappa shape index (κ2) is 10.9. The van der Waals surface area contributed by atoms with Gasteiger partial charge in [0, 0.05) is 6.42 Å². The molecule has 0 amide bonds. The number of aliphatic hydroxyl groups is 2. The van der Waals surface area contributed by atoms with E-state index in [0.717, 1.165) is 32.1 Å². The molecule has 96 valence electrons. The van der Waals surface area contributed by atoms with Crippen molar-refractivity contribution in [2.75, 3.05) is 13.2 Å². The van der Waals surface area contributed by atoms with Gasteiger partial charge in [-0.2, -0.15) is 0 Å². The maximum Gasteiger partial charge on any atom is 0.305 e. The number of unbranched alkanes of at least 4 members (excludes halogenated alkanes) is 3. The number of rotatable bonds is 10. The molecule has 0 spiro atoms. The van der Waals surface area contributed by atoms with Gasteiger partial charge in [0.2, 0.25) is 0 Å². The molecule has 0 aliphatic carbocycles. The van der Waals surface area contributed by atoms with Crippen LogP contribution in [0.5, 0.6) is 0 Å². The molecule has 0 saturated heterocycles. The summed E-state index contributed by atoms with van der Waals surface area (Å²) >= 11 is 0. The number of carbonyl (C=O) groups excluding carboxylic acids is 1.